The maximum Gasteiger partial charge on any atom is 0.337 e. The Balaban J connectivity index is 1.68. The predicted molar refractivity (Wildman–Crippen MR) is 134 cm³/mol. The number of carboxylic acid groups (broad SMARTS) is 1. The maximum absolute atomic E-state index is 14.2. The van der Waals surface area contributed by atoms with Crippen LogP contribution in [0.4, 0.5) is 10.1 Å². The van der Waals surface area contributed by atoms with Crippen LogP contribution in [-0.4, -0.2) is 49.0 Å². The zero-order valence-electron chi connectivity index (χ0n) is 19.2. The number of ether oxygens (including phenoxy) is 1. The Morgan fingerprint density at radius 1 is 1.33 bits per heavy atom. The second kappa shape index (κ2) is 9.22. The first-order valence-corrected chi connectivity index (χ1v) is 12.1. The lowest BCUT2D eigenvalue weighted by Gasteiger charge is -2.36. The minimum absolute atomic E-state index is 0.0234. The minimum atomic E-state index is -0.992. The van der Waals surface area contributed by atoms with Crippen molar-refractivity contribution >= 4 is 44.7 Å². The van der Waals surface area contributed by atoms with E-state index in [9.17, 15) is 14.3 Å². The smallest absolute Gasteiger partial charge is 0.337 e. The summed E-state index contributed by atoms with van der Waals surface area (Å²) in [5.74, 6) is -1.48. The first-order chi connectivity index (χ1) is 15.5. The third-order valence-corrected chi connectivity index (χ3v) is 7.12. The number of aryl methyl sites for hydroxylation is 1. The molecule has 2 heterocycles. The van der Waals surface area contributed by atoms with Crippen molar-refractivity contribution in [2.24, 2.45) is 0 Å². The molecule has 0 radical (unpaired) electrons. The van der Waals surface area contributed by atoms with Gasteiger partial charge in [-0.05, 0) is 57.5 Å². The molecule has 0 spiro atoms. The number of morpholine rings is 1. The van der Waals surface area contributed by atoms with Crippen molar-refractivity contribution in [3.8, 4) is 11.1 Å². The molecule has 4 rings (SSSR count). The van der Waals surface area contributed by atoms with Gasteiger partial charge >= 0.3 is 5.97 Å². The molecule has 1 aliphatic heterocycles. The summed E-state index contributed by atoms with van der Waals surface area (Å²) in [6, 6.07) is 8.52. The van der Waals surface area contributed by atoms with E-state index in [0.717, 1.165) is 26.1 Å². The lowest BCUT2D eigenvalue weighted by atomic mass is 9.98. The highest BCUT2D eigenvalue weighted by Gasteiger charge is 2.26. The van der Waals surface area contributed by atoms with Crippen molar-refractivity contribution in [2.45, 2.75) is 39.3 Å². The van der Waals surface area contributed by atoms with Crippen LogP contribution in [0.1, 0.15) is 36.0 Å². The SMILES string of the molecule is Cc1sc2cc(Cl)c(F)cc2c1-c1ccc(N2CCO[C@H](CNC(C)(C)C)C2)c(C(=O)O)c1. The summed E-state index contributed by atoms with van der Waals surface area (Å²) in [5, 5.41) is 14.3. The second-order valence-corrected chi connectivity index (χ2v) is 11.1. The Morgan fingerprint density at radius 3 is 2.79 bits per heavy atom. The predicted octanol–water partition coefficient (Wildman–Crippen LogP) is 5.96. The van der Waals surface area contributed by atoms with Gasteiger partial charge in [-0.2, -0.15) is 0 Å². The highest BCUT2D eigenvalue weighted by atomic mass is 35.5. The zero-order valence-corrected chi connectivity index (χ0v) is 20.7. The molecule has 0 bridgehead atoms. The van der Waals surface area contributed by atoms with Crippen LogP contribution in [0.25, 0.3) is 21.2 Å². The summed E-state index contributed by atoms with van der Waals surface area (Å²) in [4.78, 5) is 15.3. The molecule has 5 nitrogen and oxygen atoms in total. The average Bonchev–Trinajstić information content (AvgIpc) is 3.06. The number of thiophene rings is 1. The standard InChI is InChI=1S/C25H28ClFN2O3S/c1-14-23(18-10-20(27)19(26)11-22(18)33-14)15-5-6-21(17(9-15)24(30)31)29-7-8-32-16(13-29)12-28-25(2,3)4/h5-6,9-11,16,28H,7-8,12-13H2,1-4H3,(H,30,31)/t16-/m1/s1. The van der Waals surface area contributed by atoms with Crippen LogP contribution in [0.3, 0.4) is 0 Å². The van der Waals surface area contributed by atoms with Crippen LogP contribution in [0.15, 0.2) is 30.3 Å². The molecular weight excluding hydrogens is 463 g/mol. The van der Waals surface area contributed by atoms with Crippen LogP contribution < -0.4 is 10.2 Å². The molecule has 176 valence electrons. The topological polar surface area (TPSA) is 61.8 Å². The molecule has 3 aromatic rings. The van der Waals surface area contributed by atoms with Crippen LogP contribution in [-0.2, 0) is 4.74 Å². The monoisotopic (exact) mass is 490 g/mol. The summed E-state index contributed by atoms with van der Waals surface area (Å²) in [6.07, 6.45) is -0.0323. The van der Waals surface area contributed by atoms with E-state index >= 15 is 0 Å². The molecule has 2 N–H and O–H groups in total. The lowest BCUT2D eigenvalue weighted by Crippen LogP contribution is -2.50. The van der Waals surface area contributed by atoms with Crippen molar-refractivity contribution in [1.29, 1.82) is 0 Å². The Hall–Kier alpha value is -2.19. The number of nitrogens with one attached hydrogen (secondary N) is 1. The van der Waals surface area contributed by atoms with E-state index < -0.39 is 11.8 Å². The number of nitrogens with zero attached hydrogens (tertiary/aromatic N) is 1. The van der Waals surface area contributed by atoms with Crippen LogP contribution in [0.2, 0.25) is 5.02 Å². The summed E-state index contributed by atoms with van der Waals surface area (Å²) in [7, 11) is 0. The van der Waals surface area contributed by atoms with E-state index in [4.69, 9.17) is 16.3 Å². The van der Waals surface area contributed by atoms with Crippen molar-refractivity contribution in [3.05, 3.63) is 51.6 Å². The fraction of sp³-hybridized carbons (Fsp3) is 0.400. The summed E-state index contributed by atoms with van der Waals surface area (Å²) < 4.78 is 21.0. The van der Waals surface area contributed by atoms with Crippen LogP contribution in [0.5, 0.6) is 0 Å². The van der Waals surface area contributed by atoms with Crippen molar-refractivity contribution in [1.82, 2.24) is 5.32 Å². The molecule has 1 fully saturated rings. The quantitative estimate of drug-likeness (QED) is 0.462. The normalized spacial score (nSPS) is 17.0. The van der Waals surface area contributed by atoms with E-state index in [-0.39, 0.29) is 22.2 Å². The third-order valence-electron chi connectivity index (χ3n) is 5.76. The molecule has 2 aromatic carbocycles. The highest BCUT2D eigenvalue weighted by molar-refractivity contribution is 7.19. The molecule has 1 aliphatic rings. The van der Waals surface area contributed by atoms with E-state index in [1.807, 2.05) is 19.1 Å². The number of hydrogen-bond donors (Lipinski definition) is 2. The number of aromatic carboxylic acids is 1. The molecule has 8 heteroatoms. The highest BCUT2D eigenvalue weighted by Crippen LogP contribution is 2.41. The largest absolute Gasteiger partial charge is 0.478 e. The maximum atomic E-state index is 14.2. The van der Waals surface area contributed by atoms with Crippen LogP contribution >= 0.6 is 22.9 Å². The van der Waals surface area contributed by atoms with Gasteiger partial charge in [0.15, 0.2) is 0 Å². The van der Waals surface area contributed by atoms with Gasteiger partial charge in [-0.15, -0.1) is 11.3 Å². The number of fused-ring (bicyclic) bond motifs is 1. The van der Waals surface area contributed by atoms with Gasteiger partial charge in [-0.1, -0.05) is 17.7 Å². The fourth-order valence-electron chi connectivity index (χ4n) is 4.19. The third kappa shape index (κ3) is 5.17. The Morgan fingerprint density at radius 2 is 2.09 bits per heavy atom. The summed E-state index contributed by atoms with van der Waals surface area (Å²) in [6.45, 7) is 10.7. The molecular formula is C25H28ClFN2O3S. The van der Waals surface area contributed by atoms with Gasteiger partial charge in [0.1, 0.15) is 5.82 Å². The number of halogens is 2. The molecule has 0 amide bonds. The van der Waals surface area contributed by atoms with E-state index in [1.54, 1.807) is 12.1 Å². The first-order valence-electron chi connectivity index (χ1n) is 10.9. The number of hydrogen-bond acceptors (Lipinski definition) is 5. The molecule has 0 unspecified atom stereocenters. The zero-order chi connectivity index (χ0) is 23.9. The second-order valence-electron chi connectivity index (χ2n) is 9.40. The van der Waals surface area contributed by atoms with E-state index in [1.165, 1.54) is 17.4 Å². The van der Waals surface area contributed by atoms with E-state index in [2.05, 4.69) is 31.0 Å². The minimum Gasteiger partial charge on any atom is -0.478 e. The Kier molecular flexibility index (Phi) is 6.69. The van der Waals surface area contributed by atoms with Crippen LogP contribution in [0, 0.1) is 12.7 Å². The van der Waals surface area contributed by atoms with Gasteiger partial charge < -0.3 is 20.1 Å². The van der Waals surface area contributed by atoms with Gasteiger partial charge in [-0.3, -0.25) is 0 Å². The van der Waals surface area contributed by atoms with Gasteiger partial charge in [-0.25, -0.2) is 9.18 Å². The number of anilines is 1. The number of rotatable bonds is 5. The van der Waals surface area contributed by atoms with Gasteiger partial charge in [0.25, 0.3) is 0 Å². The van der Waals surface area contributed by atoms with Crippen molar-refractivity contribution in [3.63, 3.8) is 0 Å². The summed E-state index contributed by atoms with van der Waals surface area (Å²) >= 11 is 7.48. The average molecular weight is 491 g/mol. The van der Waals surface area contributed by atoms with Gasteiger partial charge in [0.05, 0.1) is 29.0 Å². The molecule has 0 saturated carbocycles. The lowest BCUT2D eigenvalue weighted by molar-refractivity contribution is 0.0369. The molecule has 33 heavy (non-hydrogen) atoms. The molecule has 1 saturated heterocycles. The Bertz CT molecular complexity index is 1200. The van der Waals surface area contributed by atoms with Crippen molar-refractivity contribution in [2.75, 3.05) is 31.1 Å². The number of carbonyl (C=O) groups is 1. The van der Waals surface area contributed by atoms with Crippen molar-refractivity contribution < 1.29 is 19.0 Å². The molecule has 1 aromatic heterocycles. The Labute approximate surface area is 202 Å². The summed E-state index contributed by atoms with van der Waals surface area (Å²) in [5.41, 5.74) is 2.46. The molecule has 0 aliphatic carbocycles. The number of benzene rings is 2. The fourth-order valence-corrected chi connectivity index (χ4v) is 5.53. The van der Waals surface area contributed by atoms with Gasteiger partial charge in [0.2, 0.25) is 0 Å². The van der Waals surface area contributed by atoms with Gasteiger partial charge in [0, 0.05) is 45.7 Å². The number of carboxylic acids is 1. The van der Waals surface area contributed by atoms with E-state index in [0.29, 0.717) is 31.9 Å². The first kappa shape index (κ1) is 24.0. The molecule has 1 atom stereocenters.